The van der Waals surface area contributed by atoms with E-state index < -0.39 is 21.8 Å². The minimum Gasteiger partial charge on any atom is -0.493 e. The third kappa shape index (κ3) is 4.49. The number of likely N-dealkylation sites (tertiary alicyclic amines) is 1. The lowest BCUT2D eigenvalue weighted by molar-refractivity contribution is -0.386. The minimum atomic E-state index is -0.659. The zero-order valence-corrected chi connectivity index (χ0v) is 21.6. The van der Waals surface area contributed by atoms with E-state index in [4.69, 9.17) is 13.9 Å². The molecule has 0 unspecified atom stereocenters. The molecule has 2 aliphatic rings. The van der Waals surface area contributed by atoms with E-state index in [0.29, 0.717) is 47.8 Å². The Bertz CT molecular complexity index is 1760. The lowest BCUT2D eigenvalue weighted by Gasteiger charge is -2.42. The standard InChI is InChI=1S/C29H25N3O8/c1-38-25-4-2-3-19-12-22(29(35)40-27(19)25)18-5-7-21(8-6-18)39-16-26(33)30-13-17-11-20(15-30)23-9-10-24(32(36)37)28(34)31(23)14-17/h2-10,12,17,20H,11,13-16H2,1H3/t17-,20+/m1/s1. The molecule has 11 heteroatoms. The molecule has 4 aromatic rings. The summed E-state index contributed by atoms with van der Waals surface area (Å²) in [6.45, 7) is 1.05. The van der Waals surface area contributed by atoms with E-state index in [2.05, 4.69) is 0 Å². The second-order valence-corrected chi connectivity index (χ2v) is 10.1. The number of hydrogen-bond donors (Lipinski definition) is 0. The molecule has 1 amide bonds. The summed E-state index contributed by atoms with van der Waals surface area (Å²) in [5, 5.41) is 11.9. The maximum absolute atomic E-state index is 13.0. The van der Waals surface area contributed by atoms with Gasteiger partial charge < -0.3 is 23.4 Å². The third-order valence-electron chi connectivity index (χ3n) is 7.60. The Labute approximate surface area is 227 Å². The van der Waals surface area contributed by atoms with Gasteiger partial charge in [-0.15, -0.1) is 0 Å². The Balaban J connectivity index is 1.13. The summed E-state index contributed by atoms with van der Waals surface area (Å²) in [5.41, 5.74) is 0.633. The van der Waals surface area contributed by atoms with Gasteiger partial charge in [0.2, 0.25) is 0 Å². The van der Waals surface area contributed by atoms with Crippen molar-refractivity contribution < 1.29 is 23.6 Å². The fraction of sp³-hybridized carbons (Fsp3) is 0.276. The Hall–Kier alpha value is -4.93. The van der Waals surface area contributed by atoms with E-state index in [1.165, 1.54) is 17.7 Å². The van der Waals surface area contributed by atoms with Gasteiger partial charge in [0.1, 0.15) is 5.75 Å². The predicted molar refractivity (Wildman–Crippen MR) is 145 cm³/mol. The largest absolute Gasteiger partial charge is 0.493 e. The molecule has 0 saturated carbocycles. The van der Waals surface area contributed by atoms with Crippen LogP contribution >= 0.6 is 0 Å². The van der Waals surface area contributed by atoms with Crippen molar-refractivity contribution in [2.45, 2.75) is 18.9 Å². The van der Waals surface area contributed by atoms with E-state index in [0.717, 1.165) is 17.5 Å². The van der Waals surface area contributed by atoms with Gasteiger partial charge in [0.25, 0.3) is 5.91 Å². The molecule has 2 bridgehead atoms. The molecule has 2 aliphatic heterocycles. The number of fused-ring (bicyclic) bond motifs is 5. The number of nitro groups is 1. The Morgan fingerprint density at radius 1 is 1.07 bits per heavy atom. The Kier molecular flexibility index (Phi) is 6.33. The molecule has 2 atom stereocenters. The van der Waals surface area contributed by atoms with Crippen LogP contribution in [0.3, 0.4) is 0 Å². The number of pyridine rings is 1. The lowest BCUT2D eigenvalue weighted by atomic mass is 9.83. The number of methoxy groups -OCH3 is 1. The van der Waals surface area contributed by atoms with Crippen LogP contribution in [0.4, 0.5) is 5.69 Å². The first-order valence-corrected chi connectivity index (χ1v) is 12.8. The van der Waals surface area contributed by atoms with E-state index >= 15 is 0 Å². The van der Waals surface area contributed by atoms with Gasteiger partial charge in [-0.25, -0.2) is 4.79 Å². The summed E-state index contributed by atoms with van der Waals surface area (Å²) in [7, 11) is 1.51. The van der Waals surface area contributed by atoms with E-state index in [9.17, 15) is 24.5 Å². The Morgan fingerprint density at radius 3 is 2.62 bits per heavy atom. The molecule has 204 valence electrons. The van der Waals surface area contributed by atoms with Crippen molar-refractivity contribution in [3.8, 4) is 22.6 Å². The van der Waals surface area contributed by atoms with Crippen molar-refractivity contribution >= 4 is 22.6 Å². The van der Waals surface area contributed by atoms with Gasteiger partial charge in [-0.3, -0.25) is 19.7 Å². The first kappa shape index (κ1) is 25.4. The van der Waals surface area contributed by atoms with Crippen molar-refractivity contribution in [1.82, 2.24) is 9.47 Å². The molecule has 1 fully saturated rings. The van der Waals surface area contributed by atoms with Crippen LogP contribution in [0.5, 0.6) is 11.5 Å². The van der Waals surface area contributed by atoms with Crippen LogP contribution in [0.1, 0.15) is 18.0 Å². The molecule has 0 N–H and O–H groups in total. The molecule has 6 rings (SSSR count). The van der Waals surface area contributed by atoms with Crippen LogP contribution in [0, 0.1) is 16.0 Å². The van der Waals surface area contributed by atoms with Crippen LogP contribution in [0.15, 0.2) is 74.7 Å². The Morgan fingerprint density at radius 2 is 1.88 bits per heavy atom. The zero-order chi connectivity index (χ0) is 28.0. The quantitative estimate of drug-likeness (QED) is 0.205. The molecule has 0 aliphatic carbocycles. The SMILES string of the molecule is COc1cccc2cc(-c3ccc(OCC(=O)N4C[C@H]5C[C@@H](C4)c4ccc([N+](=O)[O-])c(=O)n4C5)cc3)c(=O)oc12. The highest BCUT2D eigenvalue weighted by molar-refractivity contribution is 5.86. The topological polar surface area (TPSA) is 134 Å². The number of hydrogen-bond acceptors (Lipinski definition) is 8. The third-order valence-corrected chi connectivity index (χ3v) is 7.60. The molecular weight excluding hydrogens is 518 g/mol. The number of carbonyl (C=O) groups is 1. The van der Waals surface area contributed by atoms with Gasteiger partial charge in [-0.05, 0) is 48.2 Å². The van der Waals surface area contributed by atoms with Crippen molar-refractivity contribution in [3.05, 3.63) is 97.2 Å². The number of amides is 1. The monoisotopic (exact) mass is 543 g/mol. The number of benzene rings is 2. The van der Waals surface area contributed by atoms with Crippen LogP contribution in [-0.2, 0) is 11.3 Å². The van der Waals surface area contributed by atoms with E-state index in [-0.39, 0.29) is 24.3 Å². The van der Waals surface area contributed by atoms with Crippen molar-refractivity contribution in [1.29, 1.82) is 0 Å². The summed E-state index contributed by atoms with van der Waals surface area (Å²) in [5.74, 6) is 0.737. The van der Waals surface area contributed by atoms with Crippen molar-refractivity contribution in [2.24, 2.45) is 5.92 Å². The molecule has 11 nitrogen and oxygen atoms in total. The van der Waals surface area contributed by atoms with Crippen molar-refractivity contribution in [2.75, 3.05) is 26.8 Å². The molecule has 40 heavy (non-hydrogen) atoms. The van der Waals surface area contributed by atoms with Crippen molar-refractivity contribution in [3.63, 3.8) is 0 Å². The normalized spacial score (nSPS) is 17.8. The summed E-state index contributed by atoms with van der Waals surface area (Å²) >= 11 is 0. The molecule has 1 saturated heterocycles. The maximum Gasteiger partial charge on any atom is 0.344 e. The smallest absolute Gasteiger partial charge is 0.344 e. The fourth-order valence-electron chi connectivity index (χ4n) is 5.72. The predicted octanol–water partition coefficient (Wildman–Crippen LogP) is 3.56. The van der Waals surface area contributed by atoms with Gasteiger partial charge >= 0.3 is 16.9 Å². The maximum atomic E-state index is 13.0. The zero-order valence-electron chi connectivity index (χ0n) is 21.6. The average Bonchev–Trinajstić information content (AvgIpc) is 2.96. The summed E-state index contributed by atoms with van der Waals surface area (Å²) < 4.78 is 18.0. The molecular formula is C29H25N3O8. The number of carbonyl (C=O) groups excluding carboxylic acids is 1. The van der Waals surface area contributed by atoms with Gasteiger partial charge in [0, 0.05) is 42.7 Å². The second-order valence-electron chi connectivity index (χ2n) is 10.1. The van der Waals surface area contributed by atoms with Gasteiger partial charge in [-0.2, -0.15) is 0 Å². The van der Waals surface area contributed by atoms with E-state index in [1.54, 1.807) is 47.4 Å². The van der Waals surface area contributed by atoms with Crippen LogP contribution in [0.2, 0.25) is 0 Å². The van der Waals surface area contributed by atoms with Gasteiger partial charge in [0.15, 0.2) is 17.9 Å². The van der Waals surface area contributed by atoms with Gasteiger partial charge in [-0.1, -0.05) is 24.3 Å². The molecule has 4 heterocycles. The number of aromatic nitrogens is 1. The molecule has 2 aromatic heterocycles. The lowest BCUT2D eigenvalue weighted by Crippen LogP contribution is -2.50. The summed E-state index contributed by atoms with van der Waals surface area (Å²) in [6.07, 6.45) is 0.818. The highest BCUT2D eigenvalue weighted by atomic mass is 16.6. The van der Waals surface area contributed by atoms with E-state index in [1.807, 2.05) is 12.1 Å². The summed E-state index contributed by atoms with van der Waals surface area (Å²) in [6, 6.07) is 16.9. The highest BCUT2D eigenvalue weighted by Gasteiger charge is 2.37. The van der Waals surface area contributed by atoms with Gasteiger partial charge in [0.05, 0.1) is 17.6 Å². The molecule has 0 radical (unpaired) electrons. The fourth-order valence-corrected chi connectivity index (χ4v) is 5.72. The highest BCUT2D eigenvalue weighted by Crippen LogP contribution is 2.36. The minimum absolute atomic E-state index is 0.0304. The van der Waals surface area contributed by atoms with Crippen LogP contribution in [-0.4, -0.2) is 47.1 Å². The molecule has 0 spiro atoms. The number of ether oxygens (including phenoxy) is 2. The first-order chi connectivity index (χ1) is 19.3. The van der Waals surface area contributed by atoms with Crippen LogP contribution < -0.4 is 20.7 Å². The second kappa shape index (κ2) is 9.99. The summed E-state index contributed by atoms with van der Waals surface area (Å²) in [4.78, 5) is 50.5. The average molecular weight is 544 g/mol. The number of piperidine rings is 1. The van der Waals surface area contributed by atoms with Crippen LogP contribution in [0.25, 0.3) is 22.1 Å². The number of para-hydroxylation sites is 1. The number of rotatable bonds is 6. The first-order valence-electron chi connectivity index (χ1n) is 12.8. The number of nitrogens with zero attached hydrogens (tertiary/aromatic N) is 3. The molecule has 2 aromatic carbocycles.